The number of carbonyl (C=O) groups is 3. The van der Waals surface area contributed by atoms with Crippen molar-refractivity contribution in [1.82, 2.24) is 14.6 Å². The lowest BCUT2D eigenvalue weighted by atomic mass is 10.0. The predicted molar refractivity (Wildman–Crippen MR) is 105 cm³/mol. The van der Waals surface area contributed by atoms with Gasteiger partial charge in [-0.05, 0) is 27.7 Å². The highest BCUT2D eigenvalue weighted by molar-refractivity contribution is 7.84. The van der Waals surface area contributed by atoms with Gasteiger partial charge in [0.1, 0.15) is 11.7 Å². The van der Waals surface area contributed by atoms with Crippen molar-refractivity contribution < 1.29 is 36.9 Å². The predicted octanol–water partition coefficient (Wildman–Crippen LogP) is -0.694. The summed E-state index contributed by atoms with van der Waals surface area (Å²) in [5.74, 6) is -2.68. The Kier molecular flexibility index (Phi) is 6.68. The quantitative estimate of drug-likeness (QED) is 0.146. The molecule has 2 amide bonds. The van der Waals surface area contributed by atoms with E-state index in [1.807, 2.05) is 0 Å². The molecule has 13 nitrogen and oxygen atoms in total. The van der Waals surface area contributed by atoms with E-state index in [2.05, 4.69) is 15.5 Å². The van der Waals surface area contributed by atoms with Gasteiger partial charge in [0, 0.05) is 5.38 Å². The highest BCUT2D eigenvalue weighted by Gasteiger charge is 2.51. The Bertz CT molecular complexity index is 987. The summed E-state index contributed by atoms with van der Waals surface area (Å²) in [5, 5.41) is 7.55. The second kappa shape index (κ2) is 8.53. The Balaban J connectivity index is 2.25. The Morgan fingerprint density at radius 2 is 2.10 bits per heavy atom. The molecule has 30 heavy (non-hydrogen) atoms. The van der Waals surface area contributed by atoms with E-state index in [-0.39, 0.29) is 21.7 Å². The maximum Gasteiger partial charge on any atom is 0.362 e. The Hall–Kier alpha value is -2.78. The first-order chi connectivity index (χ1) is 13.8. The van der Waals surface area contributed by atoms with Crippen LogP contribution in [0.15, 0.2) is 10.5 Å². The summed E-state index contributed by atoms with van der Waals surface area (Å²) in [5.41, 5.74) is 3.67. The lowest BCUT2D eigenvalue weighted by Gasteiger charge is -2.42. The van der Waals surface area contributed by atoms with Crippen LogP contribution in [0.1, 0.15) is 33.4 Å². The van der Waals surface area contributed by atoms with Crippen molar-refractivity contribution in [2.24, 2.45) is 5.16 Å². The highest BCUT2D eigenvalue weighted by atomic mass is 32.2. The molecule has 1 saturated heterocycles. The van der Waals surface area contributed by atoms with Gasteiger partial charge in [-0.3, -0.25) is 14.1 Å². The van der Waals surface area contributed by atoms with Gasteiger partial charge in [0.25, 0.3) is 11.8 Å². The molecular formula is C15H21N5O8S2. The second-order valence-corrected chi connectivity index (χ2v) is 8.82. The van der Waals surface area contributed by atoms with Crippen LogP contribution < -0.4 is 11.1 Å². The summed E-state index contributed by atoms with van der Waals surface area (Å²) in [7, 11) is -4.75. The SMILES string of the molecule is CCOC(=O)C(C)(C)O/N=C(/C(=O)NC1C(=O)N(S(=O)(=O)O)C1C)c1csc(N)n1. The van der Waals surface area contributed by atoms with Gasteiger partial charge in [0.05, 0.1) is 12.6 Å². The molecule has 0 bridgehead atoms. The Morgan fingerprint density at radius 1 is 1.47 bits per heavy atom. The van der Waals surface area contributed by atoms with Gasteiger partial charge in [-0.2, -0.15) is 8.42 Å². The van der Waals surface area contributed by atoms with Gasteiger partial charge in [-0.25, -0.2) is 14.1 Å². The molecule has 2 atom stereocenters. The van der Waals surface area contributed by atoms with E-state index in [9.17, 15) is 22.8 Å². The van der Waals surface area contributed by atoms with E-state index in [0.717, 1.165) is 11.3 Å². The summed E-state index contributed by atoms with van der Waals surface area (Å²) in [6, 6.07) is -2.27. The first-order valence-electron chi connectivity index (χ1n) is 8.56. The number of ether oxygens (including phenoxy) is 1. The van der Waals surface area contributed by atoms with Crippen molar-refractivity contribution >= 4 is 50.3 Å². The minimum absolute atomic E-state index is 0.0146. The molecule has 0 spiro atoms. The molecule has 166 valence electrons. The number of amides is 2. The highest BCUT2D eigenvalue weighted by Crippen LogP contribution is 2.23. The number of thiazole rings is 1. The maximum atomic E-state index is 12.7. The average Bonchev–Trinajstić information content (AvgIpc) is 3.05. The molecule has 1 aromatic heterocycles. The molecule has 2 unspecified atom stereocenters. The molecule has 2 heterocycles. The fourth-order valence-corrected chi connectivity index (χ4v) is 3.85. The molecule has 0 aliphatic carbocycles. The van der Waals surface area contributed by atoms with Crippen LogP contribution in [0.2, 0.25) is 0 Å². The van der Waals surface area contributed by atoms with Crippen LogP contribution >= 0.6 is 11.3 Å². The minimum atomic E-state index is -4.75. The number of rotatable bonds is 8. The summed E-state index contributed by atoms with van der Waals surface area (Å²) in [4.78, 5) is 45.8. The van der Waals surface area contributed by atoms with E-state index >= 15 is 0 Å². The largest absolute Gasteiger partial charge is 0.463 e. The van der Waals surface area contributed by atoms with Crippen molar-refractivity contribution in [3.8, 4) is 0 Å². The maximum absolute atomic E-state index is 12.7. The number of nitrogens with one attached hydrogen (secondary N) is 1. The zero-order valence-electron chi connectivity index (χ0n) is 16.5. The van der Waals surface area contributed by atoms with E-state index in [0.29, 0.717) is 0 Å². The number of carbonyl (C=O) groups excluding carboxylic acids is 3. The fraction of sp³-hybridized carbons (Fsp3) is 0.533. The molecule has 2 rings (SSSR count). The van der Waals surface area contributed by atoms with Crippen molar-refractivity contribution in [2.75, 3.05) is 12.3 Å². The molecule has 0 saturated carbocycles. The standard InChI is InChI=1S/C15H21N5O8S2/c1-5-27-13(23)15(3,4)28-19-10(8-6-29-14(16)17-8)11(21)18-9-7(2)20(12(9)22)30(24,25)26/h6-7,9H,5H2,1-4H3,(H2,16,17)(H,18,21)(H,24,25,26)/b19-10+. The van der Waals surface area contributed by atoms with Crippen molar-refractivity contribution in [3.63, 3.8) is 0 Å². The summed E-state index contributed by atoms with van der Waals surface area (Å²) in [6.45, 7) is 5.79. The normalized spacial score (nSPS) is 19.8. The smallest absolute Gasteiger partial charge is 0.362 e. The zero-order valence-corrected chi connectivity index (χ0v) is 18.1. The number of hydrogen-bond acceptors (Lipinski definition) is 11. The van der Waals surface area contributed by atoms with Crippen LogP contribution in [-0.2, 0) is 34.3 Å². The number of oxime groups is 1. The third-order valence-corrected chi connectivity index (χ3v) is 5.67. The number of nitrogens with two attached hydrogens (primary N) is 1. The number of anilines is 1. The Labute approximate surface area is 176 Å². The molecule has 1 fully saturated rings. The van der Waals surface area contributed by atoms with Crippen molar-refractivity contribution in [3.05, 3.63) is 11.1 Å². The molecular weight excluding hydrogens is 442 g/mol. The van der Waals surface area contributed by atoms with Crippen LogP contribution in [0, 0.1) is 0 Å². The topological polar surface area (TPSA) is 191 Å². The molecule has 0 aromatic carbocycles. The van der Waals surface area contributed by atoms with Crippen LogP contribution in [0.5, 0.6) is 0 Å². The van der Waals surface area contributed by atoms with E-state index < -0.39 is 51.5 Å². The third-order valence-electron chi connectivity index (χ3n) is 3.98. The molecule has 0 radical (unpaired) electrons. The minimum Gasteiger partial charge on any atom is -0.463 e. The zero-order chi connectivity index (χ0) is 22.9. The lowest BCUT2D eigenvalue weighted by Crippen LogP contribution is -2.71. The Morgan fingerprint density at radius 3 is 2.57 bits per heavy atom. The van der Waals surface area contributed by atoms with Gasteiger partial charge >= 0.3 is 16.3 Å². The van der Waals surface area contributed by atoms with E-state index in [4.69, 9.17) is 19.9 Å². The van der Waals surface area contributed by atoms with Gasteiger partial charge < -0.3 is 20.6 Å². The van der Waals surface area contributed by atoms with E-state index in [1.165, 1.54) is 26.2 Å². The molecule has 1 aliphatic rings. The number of nitrogen functional groups attached to an aromatic ring is 1. The first kappa shape index (κ1) is 23.5. The lowest BCUT2D eigenvalue weighted by molar-refractivity contribution is -0.167. The van der Waals surface area contributed by atoms with Crippen LogP contribution in [0.25, 0.3) is 0 Å². The molecule has 1 aromatic rings. The fourth-order valence-electron chi connectivity index (χ4n) is 2.42. The molecule has 15 heteroatoms. The van der Waals surface area contributed by atoms with Gasteiger partial charge in [0.2, 0.25) is 5.60 Å². The van der Waals surface area contributed by atoms with Gasteiger partial charge in [-0.15, -0.1) is 11.3 Å². The summed E-state index contributed by atoms with van der Waals surface area (Å²) in [6.07, 6.45) is 0. The summed E-state index contributed by atoms with van der Waals surface area (Å²) < 4.78 is 36.5. The number of nitrogens with zero attached hydrogens (tertiary/aromatic N) is 3. The van der Waals surface area contributed by atoms with Crippen LogP contribution in [0.4, 0.5) is 5.13 Å². The van der Waals surface area contributed by atoms with Crippen LogP contribution in [-0.4, -0.2) is 70.0 Å². The molecule has 4 N–H and O–H groups in total. The second-order valence-electron chi connectivity index (χ2n) is 6.64. The summed E-state index contributed by atoms with van der Waals surface area (Å²) >= 11 is 1.01. The van der Waals surface area contributed by atoms with E-state index in [1.54, 1.807) is 6.92 Å². The number of aromatic nitrogens is 1. The van der Waals surface area contributed by atoms with Crippen molar-refractivity contribution in [1.29, 1.82) is 0 Å². The van der Waals surface area contributed by atoms with Gasteiger partial charge in [-0.1, -0.05) is 5.16 Å². The number of hydrogen-bond donors (Lipinski definition) is 3. The number of esters is 1. The van der Waals surface area contributed by atoms with Crippen molar-refractivity contribution in [2.45, 2.75) is 45.4 Å². The van der Waals surface area contributed by atoms with Crippen LogP contribution in [0.3, 0.4) is 0 Å². The van der Waals surface area contributed by atoms with Gasteiger partial charge in [0.15, 0.2) is 10.8 Å². The first-order valence-corrected chi connectivity index (χ1v) is 10.8. The molecule has 1 aliphatic heterocycles. The number of β-lactam (4-membered cyclic amide) rings is 1. The average molecular weight is 463 g/mol. The third kappa shape index (κ3) is 4.85. The monoisotopic (exact) mass is 463 g/mol.